The molecule has 1 aromatic rings. The number of carbonyl (C=O) groups excluding carboxylic acids is 1. The van der Waals surface area contributed by atoms with Crippen LogP contribution < -0.4 is 10.1 Å². The van der Waals surface area contributed by atoms with Crippen molar-refractivity contribution in [3.05, 3.63) is 29.3 Å². The van der Waals surface area contributed by atoms with Crippen LogP contribution in [-0.2, 0) is 4.79 Å². The summed E-state index contributed by atoms with van der Waals surface area (Å²) in [5.74, 6) is 0.693. The Hall–Kier alpha value is -1.51. The van der Waals surface area contributed by atoms with Crippen LogP contribution in [0, 0.1) is 19.3 Å². The number of benzene rings is 1. The minimum atomic E-state index is -0.483. The molecule has 1 amide bonds. The summed E-state index contributed by atoms with van der Waals surface area (Å²) >= 11 is 0. The summed E-state index contributed by atoms with van der Waals surface area (Å²) in [6.45, 7) is 12.7. The molecular weight excluding hydrogens is 238 g/mol. The summed E-state index contributed by atoms with van der Waals surface area (Å²) in [5.41, 5.74) is 2.32. The first-order chi connectivity index (χ1) is 8.69. The van der Waals surface area contributed by atoms with Gasteiger partial charge in [0.15, 0.2) is 6.10 Å². The maximum Gasteiger partial charge on any atom is 0.260 e. The Bertz CT molecular complexity index is 447. The van der Waals surface area contributed by atoms with Gasteiger partial charge in [0.25, 0.3) is 5.91 Å². The predicted molar refractivity (Wildman–Crippen MR) is 78.5 cm³/mol. The highest BCUT2D eigenvalue weighted by Gasteiger charge is 2.18. The average molecular weight is 263 g/mol. The molecule has 19 heavy (non-hydrogen) atoms. The third kappa shape index (κ3) is 5.33. The van der Waals surface area contributed by atoms with Gasteiger partial charge < -0.3 is 10.1 Å². The Morgan fingerprint density at radius 1 is 1.32 bits per heavy atom. The molecule has 0 aliphatic heterocycles. The van der Waals surface area contributed by atoms with Gasteiger partial charge in [0.2, 0.25) is 0 Å². The summed E-state index contributed by atoms with van der Waals surface area (Å²) in [5, 5.41) is 2.91. The van der Waals surface area contributed by atoms with Gasteiger partial charge >= 0.3 is 0 Å². The van der Waals surface area contributed by atoms with Crippen molar-refractivity contribution in [1.82, 2.24) is 5.32 Å². The molecule has 0 aliphatic rings. The molecule has 1 aromatic carbocycles. The standard InChI is InChI=1S/C16H25NO2/c1-11-7-8-14(12(2)9-11)19-13(3)15(18)17-10-16(4,5)6/h7-9,13H,10H2,1-6H3,(H,17,18). The second-order valence-electron chi connectivity index (χ2n) is 6.31. The fraction of sp³-hybridized carbons (Fsp3) is 0.562. The van der Waals surface area contributed by atoms with Gasteiger partial charge in [-0.05, 0) is 37.8 Å². The monoisotopic (exact) mass is 263 g/mol. The van der Waals surface area contributed by atoms with Crippen LogP contribution in [0.4, 0.5) is 0 Å². The van der Waals surface area contributed by atoms with Crippen molar-refractivity contribution < 1.29 is 9.53 Å². The average Bonchev–Trinajstić information content (AvgIpc) is 2.28. The Kier molecular flexibility index (Phi) is 4.98. The third-order valence-corrected chi connectivity index (χ3v) is 2.80. The van der Waals surface area contributed by atoms with Gasteiger partial charge in [0.05, 0.1) is 0 Å². The lowest BCUT2D eigenvalue weighted by molar-refractivity contribution is -0.127. The van der Waals surface area contributed by atoms with Gasteiger partial charge in [0, 0.05) is 6.54 Å². The van der Waals surface area contributed by atoms with E-state index in [1.165, 1.54) is 5.56 Å². The Morgan fingerprint density at radius 2 is 1.95 bits per heavy atom. The number of nitrogens with one attached hydrogen (secondary N) is 1. The number of hydrogen-bond acceptors (Lipinski definition) is 2. The number of rotatable bonds is 4. The zero-order valence-electron chi connectivity index (χ0n) is 12.8. The van der Waals surface area contributed by atoms with Crippen molar-refractivity contribution >= 4 is 5.91 Å². The molecule has 0 bridgehead atoms. The largest absolute Gasteiger partial charge is 0.481 e. The number of hydrogen-bond donors (Lipinski definition) is 1. The van der Waals surface area contributed by atoms with E-state index >= 15 is 0 Å². The predicted octanol–water partition coefficient (Wildman–Crippen LogP) is 3.23. The molecule has 0 saturated carbocycles. The molecule has 0 radical (unpaired) electrons. The van der Waals surface area contributed by atoms with Crippen LogP contribution >= 0.6 is 0 Å². The molecule has 0 aromatic heterocycles. The highest BCUT2D eigenvalue weighted by atomic mass is 16.5. The van der Waals surface area contributed by atoms with Crippen molar-refractivity contribution in [1.29, 1.82) is 0 Å². The van der Waals surface area contributed by atoms with Crippen molar-refractivity contribution in [3.8, 4) is 5.75 Å². The Morgan fingerprint density at radius 3 is 2.47 bits per heavy atom. The molecule has 0 heterocycles. The van der Waals surface area contributed by atoms with Crippen LogP contribution in [0.1, 0.15) is 38.8 Å². The summed E-state index contributed by atoms with van der Waals surface area (Å²) in [6.07, 6.45) is -0.483. The molecular formula is C16H25NO2. The van der Waals surface area contributed by atoms with Gasteiger partial charge in [0.1, 0.15) is 5.75 Å². The Balaban J connectivity index is 2.59. The van der Waals surface area contributed by atoms with Crippen LogP contribution in [0.3, 0.4) is 0 Å². The fourth-order valence-corrected chi connectivity index (χ4v) is 1.67. The van der Waals surface area contributed by atoms with Gasteiger partial charge in [-0.1, -0.05) is 38.5 Å². The maximum atomic E-state index is 11.9. The molecule has 106 valence electrons. The molecule has 3 heteroatoms. The lowest BCUT2D eigenvalue weighted by Gasteiger charge is -2.21. The maximum absolute atomic E-state index is 11.9. The van der Waals surface area contributed by atoms with Crippen LogP contribution in [0.25, 0.3) is 0 Å². The van der Waals surface area contributed by atoms with E-state index in [0.29, 0.717) is 6.54 Å². The normalized spacial score (nSPS) is 12.9. The summed E-state index contributed by atoms with van der Waals surface area (Å²) < 4.78 is 5.72. The molecule has 3 nitrogen and oxygen atoms in total. The van der Waals surface area contributed by atoms with E-state index in [0.717, 1.165) is 11.3 Å². The molecule has 1 atom stereocenters. The smallest absolute Gasteiger partial charge is 0.260 e. The highest BCUT2D eigenvalue weighted by Crippen LogP contribution is 2.20. The second-order valence-corrected chi connectivity index (χ2v) is 6.31. The Labute approximate surface area is 116 Å². The summed E-state index contributed by atoms with van der Waals surface area (Å²) in [7, 11) is 0. The molecule has 0 spiro atoms. The van der Waals surface area contributed by atoms with Gasteiger partial charge in [-0.2, -0.15) is 0 Å². The van der Waals surface area contributed by atoms with E-state index in [1.54, 1.807) is 6.92 Å². The van der Waals surface area contributed by atoms with E-state index < -0.39 is 6.10 Å². The van der Waals surface area contributed by atoms with E-state index in [2.05, 4.69) is 32.2 Å². The topological polar surface area (TPSA) is 38.3 Å². The number of ether oxygens (including phenoxy) is 1. The van der Waals surface area contributed by atoms with Crippen LogP contribution in [0.15, 0.2) is 18.2 Å². The number of carbonyl (C=O) groups is 1. The lowest BCUT2D eigenvalue weighted by atomic mass is 9.97. The van der Waals surface area contributed by atoms with E-state index in [4.69, 9.17) is 4.74 Å². The molecule has 1 N–H and O–H groups in total. The van der Waals surface area contributed by atoms with E-state index in [-0.39, 0.29) is 11.3 Å². The molecule has 1 unspecified atom stereocenters. The fourth-order valence-electron chi connectivity index (χ4n) is 1.67. The minimum absolute atomic E-state index is 0.0742. The molecule has 0 fully saturated rings. The van der Waals surface area contributed by atoms with Crippen LogP contribution in [0.5, 0.6) is 5.75 Å². The van der Waals surface area contributed by atoms with Gasteiger partial charge in [-0.15, -0.1) is 0 Å². The minimum Gasteiger partial charge on any atom is -0.481 e. The zero-order valence-corrected chi connectivity index (χ0v) is 12.8. The first-order valence-electron chi connectivity index (χ1n) is 6.71. The first kappa shape index (κ1) is 15.5. The highest BCUT2D eigenvalue weighted by molar-refractivity contribution is 5.80. The third-order valence-electron chi connectivity index (χ3n) is 2.80. The summed E-state index contributed by atoms with van der Waals surface area (Å²) in [6, 6.07) is 5.95. The van der Waals surface area contributed by atoms with Gasteiger partial charge in [-0.3, -0.25) is 4.79 Å². The van der Waals surface area contributed by atoms with Crippen molar-refractivity contribution in [2.75, 3.05) is 6.54 Å². The van der Waals surface area contributed by atoms with E-state index in [9.17, 15) is 4.79 Å². The summed E-state index contributed by atoms with van der Waals surface area (Å²) in [4.78, 5) is 11.9. The van der Waals surface area contributed by atoms with Crippen LogP contribution in [0.2, 0.25) is 0 Å². The first-order valence-corrected chi connectivity index (χ1v) is 6.71. The SMILES string of the molecule is Cc1ccc(OC(C)C(=O)NCC(C)(C)C)c(C)c1. The van der Waals surface area contributed by atoms with Gasteiger partial charge in [-0.25, -0.2) is 0 Å². The molecule has 0 aliphatic carbocycles. The van der Waals surface area contributed by atoms with Crippen molar-refractivity contribution in [2.45, 2.75) is 47.6 Å². The van der Waals surface area contributed by atoms with Crippen molar-refractivity contribution in [3.63, 3.8) is 0 Å². The molecule has 0 saturated heterocycles. The number of amides is 1. The quantitative estimate of drug-likeness (QED) is 0.905. The lowest BCUT2D eigenvalue weighted by Crippen LogP contribution is -2.40. The van der Waals surface area contributed by atoms with Crippen molar-refractivity contribution in [2.24, 2.45) is 5.41 Å². The molecule has 1 rings (SSSR count). The van der Waals surface area contributed by atoms with Crippen LogP contribution in [-0.4, -0.2) is 18.6 Å². The zero-order chi connectivity index (χ0) is 14.6. The van der Waals surface area contributed by atoms with E-state index in [1.807, 2.05) is 26.0 Å². The number of aryl methyl sites for hydroxylation is 2. The second kappa shape index (κ2) is 6.09.